The van der Waals surface area contributed by atoms with Gasteiger partial charge < -0.3 is 15.4 Å². The summed E-state index contributed by atoms with van der Waals surface area (Å²) < 4.78 is 5.37. The fraction of sp³-hybridized carbons (Fsp3) is 0.765. The molecule has 1 amide bonds. The van der Waals surface area contributed by atoms with Crippen molar-refractivity contribution >= 4 is 6.09 Å². The van der Waals surface area contributed by atoms with Gasteiger partial charge in [-0.3, -0.25) is 5.10 Å². The minimum absolute atomic E-state index is 0.0970. The number of nitrogens with one attached hydrogen (secondary N) is 3. The van der Waals surface area contributed by atoms with Crippen LogP contribution >= 0.6 is 0 Å². The van der Waals surface area contributed by atoms with Crippen LogP contribution < -0.4 is 10.6 Å². The molecule has 2 unspecified atom stereocenters. The number of hydrogen-bond donors (Lipinski definition) is 3. The maximum atomic E-state index is 12.0. The Bertz CT molecular complexity index is 495. The van der Waals surface area contributed by atoms with Crippen molar-refractivity contribution in [3.63, 3.8) is 0 Å². The first-order valence-electron chi connectivity index (χ1n) is 8.51. The van der Waals surface area contributed by atoms with Crippen LogP contribution in [0.25, 0.3) is 0 Å². The zero-order valence-corrected chi connectivity index (χ0v) is 14.7. The van der Waals surface area contributed by atoms with E-state index in [4.69, 9.17) is 4.74 Å². The van der Waals surface area contributed by atoms with Crippen molar-refractivity contribution in [1.82, 2.24) is 20.8 Å². The number of H-pyrrole nitrogens is 1. The molecule has 2 rings (SSSR count). The zero-order valence-electron chi connectivity index (χ0n) is 14.7. The molecule has 6 nitrogen and oxygen atoms in total. The Kier molecular flexibility index (Phi) is 5.68. The van der Waals surface area contributed by atoms with Crippen molar-refractivity contribution in [2.24, 2.45) is 5.92 Å². The second kappa shape index (κ2) is 7.34. The monoisotopic (exact) mass is 322 g/mol. The van der Waals surface area contributed by atoms with E-state index in [0.717, 1.165) is 18.7 Å². The first-order chi connectivity index (χ1) is 10.8. The maximum absolute atomic E-state index is 12.0. The topological polar surface area (TPSA) is 79.0 Å². The lowest BCUT2D eigenvalue weighted by Gasteiger charge is -2.43. The van der Waals surface area contributed by atoms with E-state index in [1.807, 2.05) is 26.8 Å². The summed E-state index contributed by atoms with van der Waals surface area (Å²) in [4.78, 5) is 12.0. The first-order valence-corrected chi connectivity index (χ1v) is 8.51. The molecule has 1 fully saturated rings. The quantitative estimate of drug-likeness (QED) is 0.778. The highest BCUT2D eigenvalue weighted by atomic mass is 16.6. The number of carbonyl (C=O) groups excluding carboxylic acids is 1. The van der Waals surface area contributed by atoms with Crippen molar-refractivity contribution in [2.45, 2.75) is 71.1 Å². The summed E-state index contributed by atoms with van der Waals surface area (Å²) in [5.41, 5.74) is 0.485. The number of alkyl carbamates (subject to hydrolysis) is 1. The molecule has 0 radical (unpaired) electrons. The number of nitrogens with zero attached hydrogens (tertiary/aromatic N) is 1. The Labute approximate surface area is 138 Å². The van der Waals surface area contributed by atoms with Gasteiger partial charge in [-0.25, -0.2) is 4.79 Å². The third-order valence-corrected chi connectivity index (χ3v) is 4.59. The Morgan fingerprint density at radius 3 is 2.87 bits per heavy atom. The summed E-state index contributed by atoms with van der Waals surface area (Å²) >= 11 is 0. The highest BCUT2D eigenvalue weighted by molar-refractivity contribution is 5.67. The molecule has 23 heavy (non-hydrogen) atoms. The molecule has 1 aliphatic rings. The number of rotatable bonds is 5. The van der Waals surface area contributed by atoms with Gasteiger partial charge in [0, 0.05) is 30.5 Å². The summed E-state index contributed by atoms with van der Waals surface area (Å²) in [5, 5.41) is 13.6. The summed E-state index contributed by atoms with van der Waals surface area (Å²) in [5.74, 6) is 0.495. The first kappa shape index (κ1) is 17.8. The molecule has 0 bridgehead atoms. The summed E-state index contributed by atoms with van der Waals surface area (Å²) in [6.45, 7) is 9.19. The predicted octanol–water partition coefficient (Wildman–Crippen LogP) is 2.97. The van der Waals surface area contributed by atoms with E-state index in [9.17, 15) is 4.79 Å². The summed E-state index contributed by atoms with van der Waals surface area (Å²) in [7, 11) is 0. The van der Waals surface area contributed by atoms with Crippen LogP contribution in [-0.2, 0) is 11.3 Å². The van der Waals surface area contributed by atoms with Gasteiger partial charge in [0.25, 0.3) is 0 Å². The largest absolute Gasteiger partial charge is 0.444 e. The van der Waals surface area contributed by atoms with Gasteiger partial charge in [-0.05, 0) is 45.6 Å². The molecule has 1 saturated carbocycles. The molecule has 6 heteroatoms. The van der Waals surface area contributed by atoms with Crippen molar-refractivity contribution < 1.29 is 9.53 Å². The second-order valence-electron chi connectivity index (χ2n) is 7.59. The molecule has 1 aliphatic carbocycles. The van der Waals surface area contributed by atoms with Gasteiger partial charge in [-0.2, -0.15) is 5.10 Å². The van der Waals surface area contributed by atoms with Crippen molar-refractivity contribution in [2.75, 3.05) is 6.54 Å². The van der Waals surface area contributed by atoms with E-state index in [1.54, 1.807) is 6.20 Å². The van der Waals surface area contributed by atoms with E-state index in [2.05, 4.69) is 27.8 Å². The highest BCUT2D eigenvalue weighted by Gasteiger charge is 2.38. The standard InChI is InChI=1S/C17H30N4O2/c1-13-7-5-6-9-17(13,19-11-14-8-10-20-21-14)12-18-15(22)23-16(2,3)4/h8,10,13,19H,5-7,9,11-12H2,1-4H3,(H,18,22)(H,20,21). The lowest BCUT2D eigenvalue weighted by Crippen LogP contribution is -2.59. The summed E-state index contributed by atoms with van der Waals surface area (Å²) in [6.07, 6.45) is 6.06. The highest BCUT2D eigenvalue weighted by Crippen LogP contribution is 2.33. The van der Waals surface area contributed by atoms with E-state index in [-0.39, 0.29) is 11.6 Å². The van der Waals surface area contributed by atoms with Gasteiger partial charge >= 0.3 is 6.09 Å². The van der Waals surface area contributed by atoms with E-state index in [0.29, 0.717) is 12.5 Å². The molecule has 0 spiro atoms. The van der Waals surface area contributed by atoms with Gasteiger partial charge in [0.2, 0.25) is 0 Å². The van der Waals surface area contributed by atoms with E-state index < -0.39 is 5.60 Å². The Morgan fingerprint density at radius 1 is 1.48 bits per heavy atom. The van der Waals surface area contributed by atoms with Crippen LogP contribution in [0.4, 0.5) is 4.79 Å². The van der Waals surface area contributed by atoms with Crippen LogP contribution in [0.5, 0.6) is 0 Å². The molecule has 1 aromatic rings. The van der Waals surface area contributed by atoms with Gasteiger partial charge in [0.05, 0.1) is 0 Å². The van der Waals surface area contributed by atoms with Crippen LogP contribution in [0.3, 0.4) is 0 Å². The third kappa shape index (κ3) is 5.23. The van der Waals surface area contributed by atoms with Crippen LogP contribution in [0.15, 0.2) is 12.3 Å². The van der Waals surface area contributed by atoms with Crippen LogP contribution in [0.2, 0.25) is 0 Å². The molecule has 2 atom stereocenters. The molecule has 1 heterocycles. The third-order valence-electron chi connectivity index (χ3n) is 4.59. The van der Waals surface area contributed by atoms with Crippen molar-refractivity contribution in [3.05, 3.63) is 18.0 Å². The molecule has 0 aliphatic heterocycles. The lowest BCUT2D eigenvalue weighted by molar-refractivity contribution is 0.0479. The fourth-order valence-corrected chi connectivity index (χ4v) is 3.20. The number of aromatic nitrogens is 2. The Morgan fingerprint density at radius 2 is 2.26 bits per heavy atom. The molecule has 0 aromatic carbocycles. The Balaban J connectivity index is 1.97. The maximum Gasteiger partial charge on any atom is 0.407 e. The molecule has 3 N–H and O–H groups in total. The second-order valence-corrected chi connectivity index (χ2v) is 7.59. The minimum atomic E-state index is -0.473. The zero-order chi connectivity index (χ0) is 16.9. The van der Waals surface area contributed by atoms with Crippen LogP contribution in [0, 0.1) is 5.92 Å². The Hall–Kier alpha value is -1.56. The smallest absolute Gasteiger partial charge is 0.407 e. The normalized spacial score (nSPS) is 25.1. The lowest BCUT2D eigenvalue weighted by atomic mass is 9.73. The number of hydrogen-bond acceptors (Lipinski definition) is 4. The molecular formula is C17H30N4O2. The molecule has 130 valence electrons. The fourth-order valence-electron chi connectivity index (χ4n) is 3.20. The van der Waals surface area contributed by atoms with Crippen LogP contribution in [0.1, 0.15) is 59.1 Å². The van der Waals surface area contributed by atoms with Crippen LogP contribution in [-0.4, -0.2) is 34.0 Å². The van der Waals surface area contributed by atoms with Gasteiger partial charge in [0.1, 0.15) is 5.60 Å². The van der Waals surface area contributed by atoms with Gasteiger partial charge in [-0.15, -0.1) is 0 Å². The van der Waals surface area contributed by atoms with E-state index in [1.165, 1.54) is 19.3 Å². The average Bonchev–Trinajstić information content (AvgIpc) is 2.97. The number of carbonyl (C=O) groups is 1. The molecule has 1 aromatic heterocycles. The predicted molar refractivity (Wildman–Crippen MR) is 90.0 cm³/mol. The number of aromatic amines is 1. The molecule has 0 saturated heterocycles. The number of amides is 1. The van der Waals surface area contributed by atoms with E-state index >= 15 is 0 Å². The molecular weight excluding hydrogens is 292 g/mol. The van der Waals surface area contributed by atoms with Crippen molar-refractivity contribution in [1.29, 1.82) is 0 Å². The minimum Gasteiger partial charge on any atom is -0.444 e. The SMILES string of the molecule is CC1CCCCC1(CNC(=O)OC(C)(C)C)NCc1ccn[nH]1. The summed E-state index contributed by atoms with van der Waals surface area (Å²) in [6, 6.07) is 1.97. The number of ether oxygens (including phenoxy) is 1. The van der Waals surface area contributed by atoms with Crippen molar-refractivity contribution in [3.8, 4) is 0 Å². The van der Waals surface area contributed by atoms with Gasteiger partial charge in [-0.1, -0.05) is 19.8 Å². The van der Waals surface area contributed by atoms with Gasteiger partial charge in [0.15, 0.2) is 0 Å². The average molecular weight is 322 g/mol.